The Morgan fingerprint density at radius 2 is 2.00 bits per heavy atom. The Hall–Kier alpha value is -2.94. The van der Waals surface area contributed by atoms with Gasteiger partial charge in [-0.25, -0.2) is 4.98 Å². The number of amides is 1. The van der Waals surface area contributed by atoms with Crippen molar-refractivity contribution in [3.05, 3.63) is 36.2 Å². The molecule has 1 aromatic heterocycles. The van der Waals surface area contributed by atoms with E-state index >= 15 is 0 Å². The van der Waals surface area contributed by atoms with Crippen LogP contribution in [0.15, 0.2) is 30.5 Å². The van der Waals surface area contributed by atoms with Crippen LogP contribution < -0.4 is 0 Å². The monoisotopic (exact) mass is 269 g/mol. The minimum Gasteiger partial charge on any atom is -0.480 e. The molecule has 0 bridgehead atoms. The Morgan fingerprint density at radius 1 is 1.30 bits per heavy atom. The molecule has 20 heavy (non-hydrogen) atoms. The van der Waals surface area contributed by atoms with Crippen LogP contribution in [0.1, 0.15) is 10.5 Å². The van der Waals surface area contributed by atoms with Gasteiger partial charge in [-0.05, 0) is 12.1 Å². The van der Waals surface area contributed by atoms with Crippen molar-refractivity contribution < 1.29 is 14.7 Å². The highest BCUT2D eigenvalue weighted by Gasteiger charge is 2.19. The van der Waals surface area contributed by atoms with Crippen LogP contribution in [0.2, 0.25) is 0 Å². The van der Waals surface area contributed by atoms with Gasteiger partial charge >= 0.3 is 5.97 Å². The molecule has 1 heterocycles. The van der Waals surface area contributed by atoms with E-state index in [1.165, 1.54) is 6.20 Å². The summed E-state index contributed by atoms with van der Waals surface area (Å²) in [5.41, 5.74) is 1.29. The first kappa shape index (κ1) is 13.5. The van der Waals surface area contributed by atoms with Crippen molar-refractivity contribution in [1.82, 2.24) is 14.9 Å². The number of aromatic nitrogens is 2. The van der Waals surface area contributed by atoms with E-state index in [2.05, 4.69) is 15.9 Å². The smallest absolute Gasteiger partial charge is 0.323 e. The third kappa shape index (κ3) is 2.90. The van der Waals surface area contributed by atoms with Crippen LogP contribution in [0, 0.1) is 12.3 Å². The number of rotatable bonds is 4. The Bertz CT molecular complexity index is 706. The molecule has 0 saturated carbocycles. The Kier molecular flexibility index (Phi) is 3.91. The van der Waals surface area contributed by atoms with E-state index in [1.807, 2.05) is 6.07 Å². The summed E-state index contributed by atoms with van der Waals surface area (Å²) in [4.78, 5) is 32.2. The molecule has 1 amide bonds. The maximum absolute atomic E-state index is 12.2. The molecule has 0 atom stereocenters. The molecule has 0 fully saturated rings. The van der Waals surface area contributed by atoms with E-state index in [0.717, 1.165) is 4.90 Å². The number of benzene rings is 1. The second kappa shape index (κ2) is 5.80. The van der Waals surface area contributed by atoms with Crippen molar-refractivity contribution in [3.63, 3.8) is 0 Å². The number of fused-ring (bicyclic) bond motifs is 1. The van der Waals surface area contributed by atoms with Crippen LogP contribution in [0.4, 0.5) is 0 Å². The average Bonchev–Trinajstić information content (AvgIpc) is 2.45. The van der Waals surface area contributed by atoms with Gasteiger partial charge in [0.1, 0.15) is 12.2 Å². The zero-order valence-electron chi connectivity index (χ0n) is 10.5. The maximum Gasteiger partial charge on any atom is 0.323 e. The summed E-state index contributed by atoms with van der Waals surface area (Å²) < 4.78 is 0. The molecular formula is C14H11N3O3. The number of carboxylic acid groups (broad SMARTS) is 1. The topological polar surface area (TPSA) is 83.4 Å². The molecule has 0 spiro atoms. The van der Waals surface area contributed by atoms with Crippen LogP contribution in [0.3, 0.4) is 0 Å². The number of carboxylic acids is 1. The summed E-state index contributed by atoms with van der Waals surface area (Å²) in [7, 11) is 0. The third-order valence-corrected chi connectivity index (χ3v) is 2.56. The summed E-state index contributed by atoms with van der Waals surface area (Å²) in [5.74, 6) is 0.566. The first-order chi connectivity index (χ1) is 9.61. The normalized spacial score (nSPS) is 9.95. The molecule has 0 saturated heterocycles. The van der Waals surface area contributed by atoms with E-state index in [1.54, 1.807) is 18.2 Å². The van der Waals surface area contributed by atoms with E-state index in [4.69, 9.17) is 11.5 Å². The van der Waals surface area contributed by atoms with Crippen molar-refractivity contribution in [3.8, 4) is 12.3 Å². The minimum atomic E-state index is -1.14. The van der Waals surface area contributed by atoms with Crippen molar-refractivity contribution in [1.29, 1.82) is 0 Å². The van der Waals surface area contributed by atoms with Crippen LogP contribution in [0.25, 0.3) is 11.0 Å². The molecule has 1 N–H and O–H groups in total. The molecule has 6 heteroatoms. The molecule has 2 rings (SSSR count). The van der Waals surface area contributed by atoms with Gasteiger partial charge in [0.25, 0.3) is 5.91 Å². The van der Waals surface area contributed by atoms with Gasteiger partial charge < -0.3 is 10.0 Å². The van der Waals surface area contributed by atoms with Crippen LogP contribution >= 0.6 is 0 Å². The van der Waals surface area contributed by atoms with Gasteiger partial charge in [-0.15, -0.1) is 6.42 Å². The molecule has 1 aromatic carbocycles. The lowest BCUT2D eigenvalue weighted by atomic mass is 10.3. The molecule has 100 valence electrons. The highest BCUT2D eigenvalue weighted by Crippen LogP contribution is 2.10. The number of carbonyl (C=O) groups excluding carboxylic acids is 1. The largest absolute Gasteiger partial charge is 0.480 e. The molecule has 6 nitrogen and oxygen atoms in total. The van der Waals surface area contributed by atoms with Gasteiger partial charge in [-0.1, -0.05) is 18.1 Å². The molecule has 0 aliphatic carbocycles. The maximum atomic E-state index is 12.2. The summed E-state index contributed by atoms with van der Waals surface area (Å²) in [6, 6.07) is 7.09. The van der Waals surface area contributed by atoms with Crippen molar-refractivity contribution in [2.45, 2.75) is 0 Å². The zero-order valence-corrected chi connectivity index (χ0v) is 10.5. The Balaban J connectivity index is 2.33. The highest BCUT2D eigenvalue weighted by atomic mass is 16.4. The van der Waals surface area contributed by atoms with Crippen LogP contribution in [0.5, 0.6) is 0 Å². The lowest BCUT2D eigenvalue weighted by molar-refractivity contribution is -0.137. The van der Waals surface area contributed by atoms with Gasteiger partial charge in [0, 0.05) is 0 Å². The average molecular weight is 269 g/mol. The number of hydrogen-bond acceptors (Lipinski definition) is 4. The first-order valence-electron chi connectivity index (χ1n) is 5.78. The molecule has 2 aromatic rings. The molecule has 0 aliphatic heterocycles. The Morgan fingerprint density at radius 3 is 2.65 bits per heavy atom. The fourth-order valence-electron chi connectivity index (χ4n) is 1.70. The lowest BCUT2D eigenvalue weighted by Crippen LogP contribution is -2.36. The van der Waals surface area contributed by atoms with Gasteiger partial charge in [-0.3, -0.25) is 14.6 Å². The summed E-state index contributed by atoms with van der Waals surface area (Å²) in [5, 5.41) is 8.78. The fourth-order valence-corrected chi connectivity index (χ4v) is 1.70. The fraction of sp³-hybridized carbons (Fsp3) is 0.143. The van der Waals surface area contributed by atoms with Crippen molar-refractivity contribution in [2.24, 2.45) is 0 Å². The number of hydrogen-bond donors (Lipinski definition) is 1. The lowest BCUT2D eigenvalue weighted by Gasteiger charge is -2.17. The van der Waals surface area contributed by atoms with Gasteiger partial charge in [0.05, 0.1) is 23.8 Å². The zero-order chi connectivity index (χ0) is 14.5. The number of nitrogens with zero attached hydrogens (tertiary/aromatic N) is 3. The summed E-state index contributed by atoms with van der Waals surface area (Å²) in [6.45, 7) is -0.572. The minimum absolute atomic E-state index is 0.0696. The van der Waals surface area contributed by atoms with Gasteiger partial charge in [-0.2, -0.15) is 0 Å². The predicted molar refractivity (Wildman–Crippen MR) is 71.9 cm³/mol. The highest BCUT2D eigenvalue weighted by molar-refractivity contribution is 5.95. The van der Waals surface area contributed by atoms with E-state index in [9.17, 15) is 9.59 Å². The number of terminal acetylenes is 1. The van der Waals surface area contributed by atoms with Crippen LogP contribution in [-0.4, -0.2) is 44.9 Å². The third-order valence-electron chi connectivity index (χ3n) is 2.56. The Labute approximate surface area is 115 Å². The SMILES string of the molecule is C#CCN(CC(=O)O)C(=O)c1cnc2ccccc2n1. The quantitative estimate of drug-likeness (QED) is 0.830. The van der Waals surface area contributed by atoms with E-state index in [0.29, 0.717) is 11.0 Å². The number of para-hydroxylation sites is 2. The van der Waals surface area contributed by atoms with Crippen LogP contribution in [-0.2, 0) is 4.79 Å². The summed E-state index contributed by atoms with van der Waals surface area (Å²) >= 11 is 0. The summed E-state index contributed by atoms with van der Waals surface area (Å²) in [6.07, 6.45) is 6.45. The van der Waals surface area contributed by atoms with Crippen molar-refractivity contribution >= 4 is 22.9 Å². The molecular weight excluding hydrogens is 258 g/mol. The first-order valence-corrected chi connectivity index (χ1v) is 5.78. The van der Waals surface area contributed by atoms with Gasteiger partial charge in [0.15, 0.2) is 0 Å². The van der Waals surface area contributed by atoms with E-state index < -0.39 is 18.4 Å². The molecule has 0 radical (unpaired) electrons. The second-order valence-corrected chi connectivity index (χ2v) is 4.00. The van der Waals surface area contributed by atoms with E-state index in [-0.39, 0.29) is 12.2 Å². The second-order valence-electron chi connectivity index (χ2n) is 4.00. The number of aliphatic carboxylic acids is 1. The molecule has 0 aliphatic rings. The predicted octanol–water partition coefficient (Wildman–Crippen LogP) is 0.790. The number of carbonyl (C=O) groups is 2. The standard InChI is InChI=1S/C14H11N3O3/c1-2-7-17(9-13(18)19)14(20)12-8-15-10-5-3-4-6-11(10)16-12/h1,3-6,8H,7,9H2,(H,18,19). The van der Waals surface area contributed by atoms with Crippen molar-refractivity contribution in [2.75, 3.05) is 13.1 Å². The van der Waals surface area contributed by atoms with Gasteiger partial charge in [0.2, 0.25) is 0 Å². The molecule has 0 unspecified atom stereocenters.